The summed E-state index contributed by atoms with van der Waals surface area (Å²) in [5.74, 6) is 0. The standard InChI is InChI=1S/C10H6Cl2O2S/c1-15-9-4-8(13)6-2-5(11)3-7(12)10(6)14-9/h2-4H,1H3. The van der Waals surface area contributed by atoms with Gasteiger partial charge in [-0.1, -0.05) is 35.0 Å². The van der Waals surface area contributed by atoms with Gasteiger partial charge in [-0.2, -0.15) is 0 Å². The maximum absolute atomic E-state index is 11.7. The van der Waals surface area contributed by atoms with Crippen molar-refractivity contribution in [3.63, 3.8) is 0 Å². The van der Waals surface area contributed by atoms with Crippen molar-refractivity contribution in [2.45, 2.75) is 5.09 Å². The minimum Gasteiger partial charge on any atom is -0.448 e. The van der Waals surface area contributed by atoms with E-state index in [2.05, 4.69) is 0 Å². The van der Waals surface area contributed by atoms with E-state index in [1.54, 1.807) is 12.1 Å². The molecule has 2 aromatic rings. The lowest BCUT2D eigenvalue weighted by atomic mass is 10.2. The molecule has 2 nitrogen and oxygen atoms in total. The van der Waals surface area contributed by atoms with E-state index < -0.39 is 0 Å². The van der Waals surface area contributed by atoms with Crippen LogP contribution in [0.2, 0.25) is 10.0 Å². The van der Waals surface area contributed by atoms with Gasteiger partial charge in [-0.15, -0.1) is 0 Å². The lowest BCUT2D eigenvalue weighted by molar-refractivity contribution is 0.500. The Labute approximate surface area is 100 Å². The first-order chi connectivity index (χ1) is 7.11. The van der Waals surface area contributed by atoms with Gasteiger partial charge in [0.15, 0.2) is 16.1 Å². The summed E-state index contributed by atoms with van der Waals surface area (Å²) in [5, 5.41) is 1.73. The second-order valence-electron chi connectivity index (χ2n) is 2.90. The second kappa shape index (κ2) is 4.08. The summed E-state index contributed by atoms with van der Waals surface area (Å²) in [6.07, 6.45) is 1.83. The summed E-state index contributed by atoms with van der Waals surface area (Å²) in [7, 11) is 0. The highest BCUT2D eigenvalue weighted by Gasteiger charge is 2.08. The van der Waals surface area contributed by atoms with Crippen LogP contribution >= 0.6 is 35.0 Å². The third-order valence-electron chi connectivity index (χ3n) is 1.93. The van der Waals surface area contributed by atoms with Crippen molar-refractivity contribution in [2.24, 2.45) is 0 Å². The third kappa shape index (κ3) is 2.00. The number of halogens is 2. The molecule has 0 N–H and O–H groups in total. The molecular formula is C10H6Cl2O2S. The van der Waals surface area contributed by atoms with E-state index in [0.717, 1.165) is 0 Å². The molecule has 0 radical (unpaired) electrons. The number of rotatable bonds is 1. The lowest BCUT2D eigenvalue weighted by Crippen LogP contribution is -1.99. The molecule has 0 bridgehead atoms. The molecule has 1 aromatic carbocycles. The van der Waals surface area contributed by atoms with Crippen LogP contribution in [0, 0.1) is 0 Å². The maximum Gasteiger partial charge on any atom is 0.193 e. The summed E-state index contributed by atoms with van der Waals surface area (Å²) in [6.45, 7) is 0. The van der Waals surface area contributed by atoms with Gasteiger partial charge in [0, 0.05) is 11.1 Å². The van der Waals surface area contributed by atoms with Crippen LogP contribution in [0.5, 0.6) is 0 Å². The highest BCUT2D eigenvalue weighted by molar-refractivity contribution is 7.98. The summed E-state index contributed by atoms with van der Waals surface area (Å²) < 4.78 is 5.45. The van der Waals surface area contributed by atoms with Gasteiger partial charge < -0.3 is 4.42 Å². The molecule has 0 unspecified atom stereocenters. The van der Waals surface area contributed by atoms with Crippen LogP contribution in [0.3, 0.4) is 0 Å². The Morgan fingerprint density at radius 1 is 1.27 bits per heavy atom. The molecule has 0 spiro atoms. The monoisotopic (exact) mass is 260 g/mol. The molecule has 0 saturated carbocycles. The predicted molar refractivity (Wildman–Crippen MR) is 64.3 cm³/mol. The molecular weight excluding hydrogens is 255 g/mol. The van der Waals surface area contributed by atoms with Crippen molar-refractivity contribution in [1.82, 2.24) is 0 Å². The fraction of sp³-hybridized carbons (Fsp3) is 0.100. The number of hydrogen-bond acceptors (Lipinski definition) is 3. The molecule has 0 aliphatic carbocycles. The minimum absolute atomic E-state index is 0.134. The van der Waals surface area contributed by atoms with Crippen LogP contribution in [0.1, 0.15) is 0 Å². The van der Waals surface area contributed by atoms with Crippen molar-refractivity contribution in [1.29, 1.82) is 0 Å². The lowest BCUT2D eigenvalue weighted by Gasteiger charge is -2.02. The molecule has 0 amide bonds. The average molecular weight is 261 g/mol. The predicted octanol–water partition coefficient (Wildman–Crippen LogP) is 3.82. The van der Waals surface area contributed by atoms with Crippen molar-refractivity contribution in [3.8, 4) is 0 Å². The van der Waals surface area contributed by atoms with Gasteiger partial charge in [-0.05, 0) is 18.4 Å². The van der Waals surface area contributed by atoms with E-state index in [4.69, 9.17) is 27.6 Å². The summed E-state index contributed by atoms with van der Waals surface area (Å²) in [6, 6.07) is 4.54. The first-order valence-electron chi connectivity index (χ1n) is 4.08. The van der Waals surface area contributed by atoms with Crippen molar-refractivity contribution in [3.05, 3.63) is 38.5 Å². The van der Waals surface area contributed by atoms with Gasteiger partial charge in [0.2, 0.25) is 0 Å². The zero-order valence-corrected chi connectivity index (χ0v) is 10.0. The normalized spacial score (nSPS) is 10.9. The Bertz CT molecular complexity index is 577. The summed E-state index contributed by atoms with van der Waals surface area (Å²) in [4.78, 5) is 11.7. The molecule has 5 heteroatoms. The Morgan fingerprint density at radius 3 is 2.67 bits per heavy atom. The minimum atomic E-state index is -0.134. The molecule has 2 rings (SSSR count). The molecule has 0 aliphatic heterocycles. The smallest absolute Gasteiger partial charge is 0.193 e. The van der Waals surface area contributed by atoms with Gasteiger partial charge in [-0.3, -0.25) is 4.79 Å². The van der Waals surface area contributed by atoms with E-state index in [9.17, 15) is 4.79 Å². The van der Waals surface area contributed by atoms with Crippen LogP contribution in [-0.2, 0) is 0 Å². The Hall–Kier alpha value is -0.640. The van der Waals surface area contributed by atoms with Gasteiger partial charge in [0.25, 0.3) is 0 Å². The number of benzene rings is 1. The van der Waals surface area contributed by atoms with E-state index >= 15 is 0 Å². The first-order valence-corrected chi connectivity index (χ1v) is 6.07. The average Bonchev–Trinajstić information content (AvgIpc) is 2.19. The fourth-order valence-electron chi connectivity index (χ4n) is 1.26. The number of fused-ring (bicyclic) bond motifs is 1. The van der Waals surface area contributed by atoms with Crippen LogP contribution < -0.4 is 5.43 Å². The molecule has 1 heterocycles. The zero-order chi connectivity index (χ0) is 11.0. The summed E-state index contributed by atoms with van der Waals surface area (Å²) >= 11 is 13.1. The Morgan fingerprint density at radius 2 is 2.00 bits per heavy atom. The zero-order valence-electron chi connectivity index (χ0n) is 7.71. The van der Waals surface area contributed by atoms with Crippen molar-refractivity contribution in [2.75, 3.05) is 6.26 Å². The van der Waals surface area contributed by atoms with Crippen LogP contribution in [0.25, 0.3) is 11.0 Å². The van der Waals surface area contributed by atoms with E-state index in [1.165, 1.54) is 17.8 Å². The topological polar surface area (TPSA) is 30.2 Å². The summed E-state index contributed by atoms with van der Waals surface area (Å²) in [5.41, 5.74) is 0.253. The number of thioether (sulfide) groups is 1. The molecule has 1 aromatic heterocycles. The van der Waals surface area contributed by atoms with Crippen molar-refractivity contribution >= 4 is 45.9 Å². The van der Waals surface area contributed by atoms with Crippen LogP contribution in [0.4, 0.5) is 0 Å². The highest BCUT2D eigenvalue weighted by atomic mass is 35.5. The molecule has 15 heavy (non-hydrogen) atoms. The third-order valence-corrected chi connectivity index (χ3v) is 3.03. The van der Waals surface area contributed by atoms with Gasteiger partial charge in [0.05, 0.1) is 10.4 Å². The highest BCUT2D eigenvalue weighted by Crippen LogP contribution is 2.28. The maximum atomic E-state index is 11.7. The Kier molecular flexibility index (Phi) is 2.96. The Balaban J connectivity index is 2.91. The van der Waals surface area contributed by atoms with E-state index in [0.29, 0.717) is 26.1 Å². The largest absolute Gasteiger partial charge is 0.448 e. The van der Waals surface area contributed by atoms with E-state index in [-0.39, 0.29) is 5.43 Å². The molecule has 0 saturated heterocycles. The van der Waals surface area contributed by atoms with Crippen LogP contribution in [-0.4, -0.2) is 6.26 Å². The quantitative estimate of drug-likeness (QED) is 0.731. The molecule has 78 valence electrons. The van der Waals surface area contributed by atoms with E-state index in [1.807, 2.05) is 6.26 Å². The van der Waals surface area contributed by atoms with Gasteiger partial charge in [-0.25, -0.2) is 0 Å². The van der Waals surface area contributed by atoms with Crippen molar-refractivity contribution < 1.29 is 4.42 Å². The molecule has 0 aliphatic rings. The molecule has 0 atom stereocenters. The van der Waals surface area contributed by atoms with Gasteiger partial charge >= 0.3 is 0 Å². The van der Waals surface area contributed by atoms with Gasteiger partial charge in [0.1, 0.15) is 0 Å². The second-order valence-corrected chi connectivity index (χ2v) is 4.55. The SMILES string of the molecule is CSc1cc(=O)c2cc(Cl)cc(Cl)c2o1. The van der Waals surface area contributed by atoms with Crippen LogP contribution in [0.15, 0.2) is 32.5 Å². The fourth-order valence-corrected chi connectivity index (χ4v) is 2.19. The first kappa shape index (κ1) is 10.9. The number of hydrogen-bond donors (Lipinski definition) is 0. The molecule has 0 fully saturated rings.